The number of carbonyl (C=O) groups excluding carboxylic acids is 2. The molecule has 180 valence electrons. The number of methoxy groups -OCH3 is 2. The molecular formula is C27H28N4O4. The fourth-order valence-corrected chi connectivity index (χ4v) is 4.81. The van der Waals surface area contributed by atoms with E-state index in [-0.39, 0.29) is 0 Å². The number of aromatic amines is 1. The third-order valence-electron chi connectivity index (χ3n) is 6.45. The summed E-state index contributed by atoms with van der Waals surface area (Å²) >= 11 is 0. The lowest BCUT2D eigenvalue weighted by molar-refractivity contribution is -0.122. The van der Waals surface area contributed by atoms with Crippen LogP contribution in [0.3, 0.4) is 0 Å². The Morgan fingerprint density at radius 1 is 0.914 bits per heavy atom. The van der Waals surface area contributed by atoms with E-state index in [0.29, 0.717) is 33.8 Å². The molecule has 0 spiro atoms. The summed E-state index contributed by atoms with van der Waals surface area (Å²) in [5.74, 6) is 0.365. The Morgan fingerprint density at radius 2 is 1.60 bits per heavy atom. The second kappa shape index (κ2) is 8.96. The highest BCUT2D eigenvalue weighted by atomic mass is 16.5. The molecule has 2 amide bonds. The number of para-hydroxylation sites is 1. The van der Waals surface area contributed by atoms with Gasteiger partial charge >= 0.3 is 0 Å². The van der Waals surface area contributed by atoms with E-state index in [0.717, 1.165) is 41.3 Å². The summed E-state index contributed by atoms with van der Waals surface area (Å²) in [7, 11) is 7.27. The summed E-state index contributed by atoms with van der Waals surface area (Å²) in [6.45, 7) is 1.67. The van der Waals surface area contributed by atoms with Crippen molar-refractivity contribution in [3.63, 3.8) is 0 Å². The van der Waals surface area contributed by atoms with E-state index in [4.69, 9.17) is 9.47 Å². The molecule has 4 aromatic rings. The van der Waals surface area contributed by atoms with Gasteiger partial charge in [0.1, 0.15) is 0 Å². The Bertz CT molecular complexity index is 1490. The van der Waals surface area contributed by atoms with E-state index >= 15 is 0 Å². The molecule has 1 aliphatic heterocycles. The second-order valence-electron chi connectivity index (χ2n) is 8.90. The summed E-state index contributed by atoms with van der Waals surface area (Å²) in [5.41, 5.74) is 3.94. The standard InChI is InChI=1S/C27H28N4O4/c1-30(2)10-7-11-31-15-19(17-12-22(34-3)23(35-4)13-21(17)31)25-24(26(32)29-27(25)33)18-14-28-20-9-6-5-8-16(18)20/h5-6,8-9,12-15,28H,7,10-11H2,1-4H3,(H,29,32,33). The number of imide groups is 1. The maximum Gasteiger partial charge on any atom is 0.259 e. The lowest BCUT2D eigenvalue weighted by Gasteiger charge is -2.12. The smallest absolute Gasteiger partial charge is 0.259 e. The van der Waals surface area contributed by atoms with Crippen molar-refractivity contribution >= 4 is 44.8 Å². The van der Waals surface area contributed by atoms with Crippen molar-refractivity contribution in [3.8, 4) is 11.5 Å². The van der Waals surface area contributed by atoms with Gasteiger partial charge in [0.05, 0.1) is 30.9 Å². The van der Waals surface area contributed by atoms with Gasteiger partial charge in [-0.1, -0.05) is 18.2 Å². The van der Waals surface area contributed by atoms with Gasteiger partial charge in [0.2, 0.25) is 0 Å². The number of nitrogens with zero attached hydrogens (tertiary/aromatic N) is 2. The van der Waals surface area contributed by atoms with Crippen molar-refractivity contribution in [2.75, 3.05) is 34.9 Å². The molecule has 1 aliphatic rings. The highest BCUT2D eigenvalue weighted by Crippen LogP contribution is 2.41. The molecule has 0 saturated heterocycles. The number of amides is 2. The Hall–Kier alpha value is -4.04. The van der Waals surface area contributed by atoms with Crippen LogP contribution < -0.4 is 14.8 Å². The van der Waals surface area contributed by atoms with Crippen molar-refractivity contribution < 1.29 is 19.1 Å². The zero-order valence-corrected chi connectivity index (χ0v) is 20.3. The first-order valence-electron chi connectivity index (χ1n) is 11.5. The summed E-state index contributed by atoms with van der Waals surface area (Å²) < 4.78 is 13.2. The van der Waals surface area contributed by atoms with Crippen molar-refractivity contribution in [1.82, 2.24) is 19.8 Å². The van der Waals surface area contributed by atoms with Crippen LogP contribution in [0, 0.1) is 0 Å². The van der Waals surface area contributed by atoms with Gasteiger partial charge in [-0.3, -0.25) is 14.9 Å². The average molecular weight is 473 g/mol. The molecular weight excluding hydrogens is 444 g/mol. The maximum absolute atomic E-state index is 13.2. The predicted molar refractivity (Wildman–Crippen MR) is 136 cm³/mol. The normalized spacial score (nSPS) is 14.0. The van der Waals surface area contributed by atoms with Gasteiger partial charge in [0.25, 0.3) is 11.8 Å². The predicted octanol–water partition coefficient (Wildman–Crippen LogP) is 3.66. The van der Waals surface area contributed by atoms with Crippen LogP contribution in [0.2, 0.25) is 0 Å². The van der Waals surface area contributed by atoms with Crippen LogP contribution in [0.1, 0.15) is 17.5 Å². The number of aryl methyl sites for hydroxylation is 1. The SMILES string of the molecule is COc1cc2c(C3=C(c4c[nH]c5ccccc45)C(=O)NC3=O)cn(CCCN(C)C)c2cc1OC. The number of rotatable bonds is 8. The fraction of sp³-hybridized carbons (Fsp3) is 0.259. The number of aromatic nitrogens is 2. The van der Waals surface area contributed by atoms with Crippen molar-refractivity contribution in [2.45, 2.75) is 13.0 Å². The molecule has 5 rings (SSSR count). The van der Waals surface area contributed by atoms with Crippen molar-refractivity contribution in [3.05, 3.63) is 59.9 Å². The van der Waals surface area contributed by atoms with Gasteiger partial charge in [-0.05, 0) is 39.2 Å². The molecule has 0 fully saturated rings. The molecule has 2 aromatic carbocycles. The zero-order valence-electron chi connectivity index (χ0n) is 20.3. The Kier molecular flexibility index (Phi) is 5.82. The lowest BCUT2D eigenvalue weighted by atomic mass is 9.95. The highest BCUT2D eigenvalue weighted by molar-refractivity contribution is 6.50. The van der Waals surface area contributed by atoms with E-state index in [1.807, 2.05) is 56.7 Å². The van der Waals surface area contributed by atoms with E-state index in [9.17, 15) is 9.59 Å². The Morgan fingerprint density at radius 3 is 2.31 bits per heavy atom. The first-order chi connectivity index (χ1) is 16.9. The number of H-pyrrole nitrogens is 1. The number of hydrogen-bond acceptors (Lipinski definition) is 5. The number of hydrogen-bond donors (Lipinski definition) is 2. The molecule has 8 heteroatoms. The van der Waals surface area contributed by atoms with Crippen LogP contribution in [0.4, 0.5) is 0 Å². The van der Waals surface area contributed by atoms with Gasteiger partial charge < -0.3 is 23.9 Å². The van der Waals surface area contributed by atoms with E-state index in [2.05, 4.69) is 19.8 Å². The molecule has 0 radical (unpaired) electrons. The van der Waals surface area contributed by atoms with Crippen LogP contribution in [0.15, 0.2) is 48.8 Å². The molecule has 0 bridgehead atoms. The minimum absolute atomic E-state index is 0.364. The molecule has 3 heterocycles. The largest absolute Gasteiger partial charge is 0.493 e. The molecule has 0 unspecified atom stereocenters. The summed E-state index contributed by atoms with van der Waals surface area (Å²) in [5, 5.41) is 4.23. The number of carbonyl (C=O) groups is 2. The van der Waals surface area contributed by atoms with E-state index < -0.39 is 11.8 Å². The van der Waals surface area contributed by atoms with Gasteiger partial charge in [-0.15, -0.1) is 0 Å². The van der Waals surface area contributed by atoms with Gasteiger partial charge in [-0.25, -0.2) is 0 Å². The first kappa shape index (κ1) is 22.7. The van der Waals surface area contributed by atoms with Crippen LogP contribution >= 0.6 is 0 Å². The van der Waals surface area contributed by atoms with Crippen LogP contribution in [-0.4, -0.2) is 61.1 Å². The molecule has 0 atom stereocenters. The monoisotopic (exact) mass is 472 g/mol. The van der Waals surface area contributed by atoms with Crippen LogP contribution in [0.25, 0.3) is 33.0 Å². The molecule has 0 aliphatic carbocycles. The molecule has 8 nitrogen and oxygen atoms in total. The summed E-state index contributed by atoms with van der Waals surface area (Å²) in [4.78, 5) is 31.6. The molecule has 35 heavy (non-hydrogen) atoms. The fourth-order valence-electron chi connectivity index (χ4n) is 4.81. The third-order valence-corrected chi connectivity index (χ3v) is 6.45. The number of nitrogens with one attached hydrogen (secondary N) is 2. The van der Waals surface area contributed by atoms with Gasteiger partial charge in [-0.2, -0.15) is 0 Å². The second-order valence-corrected chi connectivity index (χ2v) is 8.90. The Balaban J connectivity index is 1.76. The zero-order chi connectivity index (χ0) is 24.7. The van der Waals surface area contributed by atoms with E-state index in [1.165, 1.54) is 0 Å². The minimum Gasteiger partial charge on any atom is -0.493 e. The van der Waals surface area contributed by atoms with Crippen LogP contribution in [-0.2, 0) is 16.1 Å². The van der Waals surface area contributed by atoms with Crippen molar-refractivity contribution in [2.24, 2.45) is 0 Å². The first-order valence-corrected chi connectivity index (χ1v) is 11.5. The van der Waals surface area contributed by atoms with Crippen molar-refractivity contribution in [1.29, 1.82) is 0 Å². The molecule has 0 saturated carbocycles. The minimum atomic E-state index is -0.405. The summed E-state index contributed by atoms with van der Waals surface area (Å²) in [6, 6.07) is 11.5. The number of benzene rings is 2. The third kappa shape index (κ3) is 3.85. The highest BCUT2D eigenvalue weighted by Gasteiger charge is 2.35. The van der Waals surface area contributed by atoms with Gasteiger partial charge in [0, 0.05) is 52.4 Å². The molecule has 2 N–H and O–H groups in total. The van der Waals surface area contributed by atoms with Gasteiger partial charge in [0.15, 0.2) is 11.5 Å². The average Bonchev–Trinajstić information content (AvgIpc) is 3.50. The maximum atomic E-state index is 13.2. The van der Waals surface area contributed by atoms with Crippen LogP contribution in [0.5, 0.6) is 11.5 Å². The Labute approximate surface area is 203 Å². The quantitative estimate of drug-likeness (QED) is 0.382. The lowest BCUT2D eigenvalue weighted by Crippen LogP contribution is -2.22. The topological polar surface area (TPSA) is 88.6 Å². The molecule has 2 aromatic heterocycles. The van der Waals surface area contributed by atoms with E-state index in [1.54, 1.807) is 20.4 Å². The number of fused-ring (bicyclic) bond motifs is 2. The number of ether oxygens (including phenoxy) is 2. The summed E-state index contributed by atoms with van der Waals surface area (Å²) in [6.07, 6.45) is 4.67.